The molecule has 0 atom stereocenters. The maximum atomic E-state index is 12.0. The van der Waals surface area contributed by atoms with Crippen LogP contribution < -0.4 is 59.2 Å². The fourth-order valence-electron chi connectivity index (χ4n) is 5.35. The second kappa shape index (κ2) is 24.8. The van der Waals surface area contributed by atoms with Crippen molar-refractivity contribution in [3.8, 4) is 46.0 Å². The molecule has 0 aliphatic heterocycles. The summed E-state index contributed by atoms with van der Waals surface area (Å²) < 4.78 is 42.2. The molecular weight excluding hydrogens is 825 g/mol. The zero-order valence-electron chi connectivity index (χ0n) is 35.6. The fraction of sp³-hybridized carbons (Fsp3) is 0.167. The maximum Gasteiger partial charge on any atom is 0.262 e. The largest absolute Gasteiger partial charge is 0.497 e. The van der Waals surface area contributed by atoms with E-state index in [-0.39, 0.29) is 50.1 Å². The van der Waals surface area contributed by atoms with E-state index in [2.05, 4.69) is 21.3 Å². The molecule has 332 valence electrons. The summed E-state index contributed by atoms with van der Waals surface area (Å²) in [5.74, 6) is 3.71. The zero-order chi connectivity index (χ0) is 45.5. The van der Waals surface area contributed by atoms with Gasteiger partial charge in [0, 0.05) is 22.7 Å². The predicted molar refractivity (Wildman–Crippen MR) is 241 cm³/mol. The van der Waals surface area contributed by atoms with Gasteiger partial charge in [0.05, 0.1) is 28.4 Å². The molecule has 6 aromatic rings. The van der Waals surface area contributed by atoms with Crippen molar-refractivity contribution in [3.63, 3.8) is 0 Å². The van der Waals surface area contributed by atoms with Crippen molar-refractivity contribution in [3.05, 3.63) is 146 Å². The minimum atomic E-state index is -0.286. The number of ether oxygens (including phenoxy) is 8. The van der Waals surface area contributed by atoms with Crippen molar-refractivity contribution in [1.29, 1.82) is 0 Å². The number of nitrogens with one attached hydrogen (secondary N) is 4. The van der Waals surface area contributed by atoms with Gasteiger partial charge in [0.15, 0.2) is 26.4 Å². The third-order valence-corrected chi connectivity index (χ3v) is 8.62. The average Bonchev–Trinajstić information content (AvgIpc) is 3.33. The molecule has 4 N–H and O–H groups in total. The lowest BCUT2D eigenvalue weighted by molar-refractivity contribution is -0.118. The Morgan fingerprint density at radius 2 is 0.438 bits per heavy atom. The van der Waals surface area contributed by atoms with E-state index >= 15 is 0 Å². The molecule has 0 radical (unpaired) electrons. The number of benzene rings is 6. The minimum absolute atomic E-state index is 0.142. The van der Waals surface area contributed by atoms with Gasteiger partial charge in [-0.2, -0.15) is 0 Å². The summed E-state index contributed by atoms with van der Waals surface area (Å²) in [6.07, 6.45) is 0. The van der Waals surface area contributed by atoms with Gasteiger partial charge in [0.2, 0.25) is 0 Å². The molecule has 16 nitrogen and oxygen atoms in total. The third-order valence-electron chi connectivity index (χ3n) is 8.62. The normalized spacial score (nSPS) is 10.1. The molecule has 0 unspecified atom stereocenters. The smallest absolute Gasteiger partial charge is 0.262 e. The van der Waals surface area contributed by atoms with E-state index in [9.17, 15) is 19.2 Å². The van der Waals surface area contributed by atoms with E-state index in [1.807, 2.05) is 0 Å². The van der Waals surface area contributed by atoms with Crippen LogP contribution in [0.5, 0.6) is 46.0 Å². The SMILES string of the molecule is COc1ccc(NC(=O)COc2ccc(OCC(=O)Nc3ccc(OC)cc3)cc2)cc1.COc1ccc(NC(=O)COc2ccc(OCC(=O)Nc3ccc(OC)cc3)cc2)cc1. The first kappa shape index (κ1) is 46.7. The molecule has 0 bridgehead atoms. The van der Waals surface area contributed by atoms with Crippen molar-refractivity contribution < 1.29 is 57.1 Å². The van der Waals surface area contributed by atoms with Crippen molar-refractivity contribution in [1.82, 2.24) is 0 Å². The van der Waals surface area contributed by atoms with Crippen LogP contribution in [0.4, 0.5) is 22.7 Å². The van der Waals surface area contributed by atoms with Gasteiger partial charge >= 0.3 is 0 Å². The van der Waals surface area contributed by atoms with Crippen molar-refractivity contribution in [2.75, 3.05) is 76.1 Å². The molecule has 16 heteroatoms. The molecule has 0 aliphatic rings. The highest BCUT2D eigenvalue weighted by Gasteiger charge is 2.09. The molecule has 6 aromatic carbocycles. The van der Waals surface area contributed by atoms with Crippen LogP contribution in [0, 0.1) is 0 Å². The van der Waals surface area contributed by atoms with Crippen LogP contribution in [0.15, 0.2) is 146 Å². The Kier molecular flexibility index (Phi) is 18.1. The van der Waals surface area contributed by atoms with Gasteiger partial charge in [-0.15, -0.1) is 0 Å². The molecule has 0 aliphatic carbocycles. The van der Waals surface area contributed by atoms with Crippen molar-refractivity contribution in [2.24, 2.45) is 0 Å². The highest BCUT2D eigenvalue weighted by molar-refractivity contribution is 5.93. The summed E-state index contributed by atoms with van der Waals surface area (Å²) in [6, 6.07) is 41.3. The summed E-state index contributed by atoms with van der Waals surface area (Å²) in [5.41, 5.74) is 2.60. The van der Waals surface area contributed by atoms with Crippen LogP contribution in [0.3, 0.4) is 0 Å². The summed E-state index contributed by atoms with van der Waals surface area (Å²) in [5, 5.41) is 11.0. The summed E-state index contributed by atoms with van der Waals surface area (Å²) in [4.78, 5) is 48.1. The highest BCUT2D eigenvalue weighted by atomic mass is 16.5. The molecule has 4 amide bonds. The molecule has 0 saturated carbocycles. The van der Waals surface area contributed by atoms with Crippen LogP contribution in [-0.4, -0.2) is 78.5 Å². The van der Waals surface area contributed by atoms with Gasteiger partial charge in [-0.05, 0) is 146 Å². The van der Waals surface area contributed by atoms with Crippen LogP contribution in [0.25, 0.3) is 0 Å². The van der Waals surface area contributed by atoms with Crippen LogP contribution in [0.1, 0.15) is 0 Å². The Bertz CT molecular complexity index is 2040. The van der Waals surface area contributed by atoms with Crippen LogP contribution >= 0.6 is 0 Å². The number of amides is 4. The molecular formula is C48H48N4O12. The Balaban J connectivity index is 0.000000241. The first-order chi connectivity index (χ1) is 31.1. The molecule has 0 heterocycles. The van der Waals surface area contributed by atoms with Crippen LogP contribution in [-0.2, 0) is 19.2 Å². The summed E-state index contributed by atoms with van der Waals surface area (Å²) >= 11 is 0. The highest BCUT2D eigenvalue weighted by Crippen LogP contribution is 2.21. The topological polar surface area (TPSA) is 190 Å². The number of carbonyl (C=O) groups is 4. The average molecular weight is 873 g/mol. The fourth-order valence-corrected chi connectivity index (χ4v) is 5.35. The summed E-state index contributed by atoms with van der Waals surface area (Å²) in [6.45, 7) is -0.569. The second-order valence-corrected chi connectivity index (χ2v) is 13.2. The van der Waals surface area contributed by atoms with Gasteiger partial charge in [-0.1, -0.05) is 0 Å². The monoisotopic (exact) mass is 872 g/mol. The number of anilines is 4. The number of rotatable bonds is 20. The standard InChI is InChI=1S/2C24H24N2O6/c2*1-29-19-7-3-17(4-8-19)25-23(27)15-31-21-11-13-22(14-12-21)32-16-24(28)26-18-5-9-20(30-2)10-6-18/h2*3-14H,15-16H2,1-2H3,(H,25,27)(H,26,28). The van der Waals surface area contributed by atoms with Gasteiger partial charge in [0.25, 0.3) is 23.6 Å². The van der Waals surface area contributed by atoms with Crippen LogP contribution in [0.2, 0.25) is 0 Å². The summed E-state index contributed by atoms with van der Waals surface area (Å²) in [7, 11) is 6.31. The Hall–Kier alpha value is -8.40. The lowest BCUT2D eigenvalue weighted by Crippen LogP contribution is -2.20. The lowest BCUT2D eigenvalue weighted by Gasteiger charge is -2.10. The second-order valence-electron chi connectivity index (χ2n) is 13.2. The Morgan fingerprint density at radius 3 is 0.594 bits per heavy atom. The first-order valence-corrected chi connectivity index (χ1v) is 19.6. The maximum absolute atomic E-state index is 12.0. The molecule has 0 aromatic heterocycles. The molecule has 0 spiro atoms. The number of hydrogen-bond donors (Lipinski definition) is 4. The van der Waals surface area contributed by atoms with Crippen molar-refractivity contribution >= 4 is 46.4 Å². The van der Waals surface area contributed by atoms with E-state index in [1.165, 1.54) is 0 Å². The van der Waals surface area contributed by atoms with Gasteiger partial charge in [-0.3, -0.25) is 19.2 Å². The van der Waals surface area contributed by atoms with E-state index in [0.717, 1.165) is 0 Å². The van der Waals surface area contributed by atoms with E-state index in [4.69, 9.17) is 37.9 Å². The van der Waals surface area contributed by atoms with Gasteiger partial charge < -0.3 is 59.2 Å². The van der Waals surface area contributed by atoms with Gasteiger partial charge in [-0.25, -0.2) is 0 Å². The van der Waals surface area contributed by atoms with E-state index in [0.29, 0.717) is 68.7 Å². The van der Waals surface area contributed by atoms with Crippen molar-refractivity contribution in [2.45, 2.75) is 0 Å². The lowest BCUT2D eigenvalue weighted by atomic mass is 10.3. The minimum Gasteiger partial charge on any atom is -0.497 e. The van der Waals surface area contributed by atoms with E-state index in [1.54, 1.807) is 174 Å². The molecule has 64 heavy (non-hydrogen) atoms. The Labute approximate surface area is 370 Å². The predicted octanol–water partition coefficient (Wildman–Crippen LogP) is 7.48. The third kappa shape index (κ3) is 16.2. The molecule has 0 saturated heterocycles. The quantitative estimate of drug-likeness (QED) is 0.0593. The Morgan fingerprint density at radius 1 is 0.281 bits per heavy atom. The molecule has 6 rings (SSSR count). The number of methoxy groups -OCH3 is 4. The number of carbonyl (C=O) groups excluding carboxylic acids is 4. The number of hydrogen-bond acceptors (Lipinski definition) is 12. The van der Waals surface area contributed by atoms with Gasteiger partial charge in [0.1, 0.15) is 46.0 Å². The zero-order valence-corrected chi connectivity index (χ0v) is 35.6. The first-order valence-electron chi connectivity index (χ1n) is 19.6. The molecule has 0 fully saturated rings. The van der Waals surface area contributed by atoms with E-state index < -0.39 is 0 Å².